The predicted octanol–water partition coefficient (Wildman–Crippen LogP) is 4.09. The van der Waals surface area contributed by atoms with Crippen molar-refractivity contribution in [3.05, 3.63) is 77.3 Å². The Morgan fingerprint density at radius 3 is 2.59 bits per heavy atom. The highest BCUT2D eigenvalue weighted by molar-refractivity contribution is 7.13. The van der Waals surface area contributed by atoms with Gasteiger partial charge in [-0.05, 0) is 54.8 Å². The van der Waals surface area contributed by atoms with Gasteiger partial charge in [0, 0.05) is 5.69 Å². The number of nitrogens with zero attached hydrogens (tertiary/aromatic N) is 4. The molecule has 0 saturated heterocycles. The summed E-state index contributed by atoms with van der Waals surface area (Å²) in [6.45, 7) is 1.84. The molecule has 0 unspecified atom stereocenters. The van der Waals surface area contributed by atoms with Gasteiger partial charge < -0.3 is 5.32 Å². The van der Waals surface area contributed by atoms with E-state index in [2.05, 4.69) is 20.4 Å². The van der Waals surface area contributed by atoms with Crippen LogP contribution >= 0.6 is 11.3 Å². The maximum atomic E-state index is 13.3. The van der Waals surface area contributed by atoms with Crippen molar-refractivity contribution >= 4 is 23.1 Å². The Morgan fingerprint density at radius 2 is 1.89 bits per heavy atom. The average Bonchev–Trinajstić information content (AvgIpc) is 3.32. The lowest BCUT2D eigenvalue weighted by molar-refractivity contribution is 0.101. The summed E-state index contributed by atoms with van der Waals surface area (Å²) in [7, 11) is 0. The van der Waals surface area contributed by atoms with E-state index in [4.69, 9.17) is 0 Å². The second-order valence-electron chi connectivity index (χ2n) is 5.74. The summed E-state index contributed by atoms with van der Waals surface area (Å²) in [5.74, 6) is 0.132. The molecular formula is C19H14FN5OS. The summed E-state index contributed by atoms with van der Waals surface area (Å²) in [5.41, 5.74) is 1.40. The standard InChI is InChI=1S/C19H14FN5OS/c1-12-4-2-6-16(21-12)22-19(26)17-23-18(15-5-3-11-27-15)25(24-17)14-9-7-13(20)8-10-14/h2-11H,1H3,(H,21,22,26). The fourth-order valence-electron chi connectivity index (χ4n) is 2.52. The molecule has 0 spiro atoms. The Balaban J connectivity index is 1.72. The van der Waals surface area contributed by atoms with E-state index in [0.717, 1.165) is 10.6 Å². The minimum absolute atomic E-state index is 0.00558. The van der Waals surface area contributed by atoms with Gasteiger partial charge in [-0.25, -0.2) is 19.0 Å². The number of hydrogen-bond donors (Lipinski definition) is 1. The number of pyridine rings is 1. The van der Waals surface area contributed by atoms with Crippen LogP contribution in [0.15, 0.2) is 60.0 Å². The van der Waals surface area contributed by atoms with Gasteiger partial charge in [0.1, 0.15) is 11.6 Å². The molecule has 0 saturated carbocycles. The van der Waals surface area contributed by atoms with Crippen LogP contribution in [-0.4, -0.2) is 25.7 Å². The lowest BCUT2D eigenvalue weighted by Crippen LogP contribution is -2.15. The van der Waals surface area contributed by atoms with Gasteiger partial charge in [-0.1, -0.05) is 12.1 Å². The molecule has 0 radical (unpaired) electrons. The van der Waals surface area contributed by atoms with Gasteiger partial charge >= 0.3 is 0 Å². The van der Waals surface area contributed by atoms with E-state index in [1.54, 1.807) is 24.3 Å². The molecule has 3 aromatic heterocycles. The summed E-state index contributed by atoms with van der Waals surface area (Å²) in [6.07, 6.45) is 0. The van der Waals surface area contributed by atoms with Crippen LogP contribution in [0.2, 0.25) is 0 Å². The Bertz CT molecular complexity index is 1090. The lowest BCUT2D eigenvalue weighted by Gasteiger charge is -2.04. The van der Waals surface area contributed by atoms with E-state index in [0.29, 0.717) is 17.3 Å². The Labute approximate surface area is 158 Å². The van der Waals surface area contributed by atoms with Gasteiger partial charge in [0.25, 0.3) is 5.91 Å². The number of hydrogen-bond acceptors (Lipinski definition) is 5. The number of rotatable bonds is 4. The molecule has 1 amide bonds. The molecule has 0 bridgehead atoms. The molecule has 4 rings (SSSR count). The van der Waals surface area contributed by atoms with Gasteiger partial charge in [0.15, 0.2) is 5.82 Å². The molecule has 0 aliphatic rings. The summed E-state index contributed by atoms with van der Waals surface area (Å²) in [6, 6.07) is 15.0. The molecule has 6 nitrogen and oxygen atoms in total. The van der Waals surface area contributed by atoms with Crippen LogP contribution in [-0.2, 0) is 0 Å². The van der Waals surface area contributed by atoms with Gasteiger partial charge in [0.05, 0.1) is 10.6 Å². The molecule has 0 atom stereocenters. The third-order valence-corrected chi connectivity index (χ3v) is 4.62. The number of halogens is 1. The van der Waals surface area contributed by atoms with Crippen molar-refractivity contribution < 1.29 is 9.18 Å². The number of aromatic nitrogens is 4. The maximum absolute atomic E-state index is 13.3. The van der Waals surface area contributed by atoms with Gasteiger partial charge in [-0.3, -0.25) is 4.79 Å². The fourth-order valence-corrected chi connectivity index (χ4v) is 3.22. The summed E-state index contributed by atoms with van der Waals surface area (Å²) < 4.78 is 14.8. The Hall–Kier alpha value is -3.39. The van der Waals surface area contributed by atoms with E-state index in [-0.39, 0.29) is 11.6 Å². The van der Waals surface area contributed by atoms with Crippen molar-refractivity contribution in [1.29, 1.82) is 0 Å². The van der Waals surface area contributed by atoms with E-state index in [1.165, 1.54) is 28.2 Å². The topological polar surface area (TPSA) is 72.7 Å². The van der Waals surface area contributed by atoms with Crippen LogP contribution in [0.25, 0.3) is 16.4 Å². The molecule has 134 valence electrons. The van der Waals surface area contributed by atoms with E-state index < -0.39 is 5.91 Å². The largest absolute Gasteiger partial charge is 0.304 e. The molecule has 0 aliphatic heterocycles. The van der Waals surface area contributed by atoms with E-state index in [9.17, 15) is 9.18 Å². The number of thiophene rings is 1. The van der Waals surface area contributed by atoms with E-state index in [1.807, 2.05) is 30.5 Å². The first kappa shape index (κ1) is 17.0. The highest BCUT2D eigenvalue weighted by Gasteiger charge is 2.20. The zero-order valence-corrected chi connectivity index (χ0v) is 15.1. The van der Waals surface area contributed by atoms with Crippen molar-refractivity contribution in [3.63, 3.8) is 0 Å². The minimum Gasteiger partial charge on any atom is -0.304 e. The lowest BCUT2D eigenvalue weighted by atomic mass is 10.3. The zero-order valence-electron chi connectivity index (χ0n) is 14.3. The number of carbonyl (C=O) groups excluding carboxylic acids is 1. The van der Waals surface area contributed by atoms with Crippen LogP contribution in [0.3, 0.4) is 0 Å². The van der Waals surface area contributed by atoms with Crippen LogP contribution in [0.1, 0.15) is 16.3 Å². The van der Waals surface area contributed by atoms with Crippen LogP contribution in [0.4, 0.5) is 10.2 Å². The molecule has 0 aliphatic carbocycles. The molecule has 3 heterocycles. The highest BCUT2D eigenvalue weighted by atomic mass is 32.1. The van der Waals surface area contributed by atoms with Crippen LogP contribution in [0, 0.1) is 12.7 Å². The van der Waals surface area contributed by atoms with Crippen molar-refractivity contribution in [2.24, 2.45) is 0 Å². The van der Waals surface area contributed by atoms with Crippen molar-refractivity contribution in [1.82, 2.24) is 19.7 Å². The fraction of sp³-hybridized carbons (Fsp3) is 0.0526. The van der Waals surface area contributed by atoms with Crippen molar-refractivity contribution in [3.8, 4) is 16.4 Å². The molecule has 1 aromatic carbocycles. The summed E-state index contributed by atoms with van der Waals surface area (Å²) in [5, 5.41) is 8.95. The van der Waals surface area contributed by atoms with Crippen LogP contribution in [0.5, 0.6) is 0 Å². The smallest absolute Gasteiger partial charge is 0.296 e. The Kier molecular flexibility index (Phi) is 4.47. The first-order valence-electron chi connectivity index (χ1n) is 8.12. The zero-order chi connectivity index (χ0) is 18.8. The van der Waals surface area contributed by atoms with E-state index >= 15 is 0 Å². The summed E-state index contributed by atoms with van der Waals surface area (Å²) in [4.78, 5) is 22.1. The number of aryl methyl sites for hydroxylation is 1. The first-order chi connectivity index (χ1) is 13.1. The average molecular weight is 379 g/mol. The predicted molar refractivity (Wildman–Crippen MR) is 102 cm³/mol. The molecule has 8 heteroatoms. The normalized spacial score (nSPS) is 10.7. The number of benzene rings is 1. The first-order valence-corrected chi connectivity index (χ1v) is 9.00. The van der Waals surface area contributed by atoms with Gasteiger partial charge in [-0.2, -0.15) is 0 Å². The van der Waals surface area contributed by atoms with Gasteiger partial charge in [-0.15, -0.1) is 16.4 Å². The molecule has 0 fully saturated rings. The third-order valence-electron chi connectivity index (χ3n) is 3.75. The number of nitrogens with one attached hydrogen (secondary N) is 1. The minimum atomic E-state index is -0.466. The molecule has 4 aromatic rings. The quantitative estimate of drug-likeness (QED) is 0.580. The second kappa shape index (κ2) is 7.08. The SMILES string of the molecule is Cc1cccc(NC(=O)c2nc(-c3cccs3)n(-c3ccc(F)cc3)n2)n1. The van der Waals surface area contributed by atoms with Gasteiger partial charge in [0.2, 0.25) is 5.82 Å². The number of carbonyl (C=O) groups is 1. The maximum Gasteiger partial charge on any atom is 0.296 e. The van der Waals surface area contributed by atoms with Crippen LogP contribution < -0.4 is 5.32 Å². The number of anilines is 1. The number of amides is 1. The second-order valence-corrected chi connectivity index (χ2v) is 6.69. The highest BCUT2D eigenvalue weighted by Crippen LogP contribution is 2.25. The summed E-state index contributed by atoms with van der Waals surface area (Å²) >= 11 is 1.48. The molecule has 1 N–H and O–H groups in total. The van der Waals surface area contributed by atoms with Crippen molar-refractivity contribution in [2.45, 2.75) is 6.92 Å². The molecular weight excluding hydrogens is 365 g/mol. The van der Waals surface area contributed by atoms with Crippen molar-refractivity contribution in [2.75, 3.05) is 5.32 Å². The molecule has 27 heavy (non-hydrogen) atoms. The monoisotopic (exact) mass is 379 g/mol. The Morgan fingerprint density at radius 1 is 1.07 bits per heavy atom. The third kappa shape index (κ3) is 3.61.